The zero-order chi connectivity index (χ0) is 13.6. The lowest BCUT2D eigenvalue weighted by Crippen LogP contribution is -2.46. The van der Waals surface area contributed by atoms with Crippen LogP contribution in [0.25, 0.3) is 0 Å². The topological polar surface area (TPSA) is 75.4 Å². The van der Waals surface area contributed by atoms with Crippen LogP contribution in [0.1, 0.15) is 23.2 Å². The lowest BCUT2D eigenvalue weighted by molar-refractivity contribution is -0.141. The zero-order valence-corrected chi connectivity index (χ0v) is 11.3. The van der Waals surface area contributed by atoms with Crippen LogP contribution in [-0.4, -0.2) is 48.8 Å². The molecule has 1 saturated heterocycles. The normalized spacial score (nSPS) is 26.7. The predicted molar refractivity (Wildman–Crippen MR) is 69.8 cm³/mol. The van der Waals surface area contributed by atoms with Crippen molar-refractivity contribution in [2.24, 2.45) is 13.0 Å². The minimum Gasteiger partial charge on any atom is -0.480 e. The molecule has 1 N–H and O–H groups in total. The summed E-state index contributed by atoms with van der Waals surface area (Å²) in [7, 11) is 1.74. The van der Waals surface area contributed by atoms with Crippen molar-refractivity contribution in [1.29, 1.82) is 0 Å². The summed E-state index contributed by atoms with van der Waals surface area (Å²) in [6, 6.07) is -0.719. The van der Waals surface area contributed by atoms with Crippen LogP contribution in [0.2, 0.25) is 0 Å². The SMILES string of the molecule is Cn1cc(C(=O)N2C(C(=O)O)CSC2C2CC2)cn1. The number of amides is 1. The van der Waals surface area contributed by atoms with Gasteiger partial charge in [0.15, 0.2) is 0 Å². The van der Waals surface area contributed by atoms with Crippen LogP contribution in [0.15, 0.2) is 12.4 Å². The summed E-state index contributed by atoms with van der Waals surface area (Å²) in [6.07, 6.45) is 5.30. The van der Waals surface area contributed by atoms with Crippen molar-refractivity contribution in [1.82, 2.24) is 14.7 Å². The molecule has 1 aromatic heterocycles. The fraction of sp³-hybridized carbons (Fsp3) is 0.583. The molecule has 1 aliphatic carbocycles. The smallest absolute Gasteiger partial charge is 0.327 e. The first-order valence-electron chi connectivity index (χ1n) is 6.23. The predicted octanol–water partition coefficient (Wildman–Crippen LogP) is 0.798. The molecule has 102 valence electrons. The summed E-state index contributed by atoms with van der Waals surface area (Å²) in [4.78, 5) is 25.4. The molecule has 0 bridgehead atoms. The van der Waals surface area contributed by atoms with E-state index in [4.69, 9.17) is 0 Å². The van der Waals surface area contributed by atoms with Crippen molar-refractivity contribution < 1.29 is 14.7 Å². The van der Waals surface area contributed by atoms with Gasteiger partial charge in [0, 0.05) is 19.0 Å². The Hall–Kier alpha value is -1.50. The molecule has 2 aliphatic rings. The third-order valence-corrected chi connectivity index (χ3v) is 4.99. The second-order valence-electron chi connectivity index (χ2n) is 5.03. The Labute approximate surface area is 114 Å². The molecular weight excluding hydrogens is 266 g/mol. The van der Waals surface area contributed by atoms with Crippen molar-refractivity contribution in [3.8, 4) is 0 Å². The van der Waals surface area contributed by atoms with E-state index in [1.807, 2.05) is 0 Å². The van der Waals surface area contributed by atoms with E-state index < -0.39 is 12.0 Å². The molecule has 2 unspecified atom stereocenters. The third-order valence-electron chi connectivity index (χ3n) is 3.53. The standard InChI is InChI=1S/C12H15N3O3S/c1-14-5-8(4-13-14)10(16)15-9(12(17)18)6-19-11(15)7-2-3-7/h4-5,7,9,11H,2-3,6H2,1H3,(H,17,18). The average Bonchev–Trinajstić information content (AvgIpc) is 2.96. The lowest BCUT2D eigenvalue weighted by Gasteiger charge is -2.26. The summed E-state index contributed by atoms with van der Waals surface area (Å²) in [5, 5.41) is 13.3. The van der Waals surface area contributed by atoms with Gasteiger partial charge in [-0.1, -0.05) is 0 Å². The van der Waals surface area contributed by atoms with Gasteiger partial charge in [-0.15, -0.1) is 11.8 Å². The van der Waals surface area contributed by atoms with Crippen LogP contribution in [0, 0.1) is 5.92 Å². The van der Waals surface area contributed by atoms with Gasteiger partial charge in [-0.2, -0.15) is 5.10 Å². The highest BCUT2D eigenvalue weighted by Gasteiger charge is 2.48. The third kappa shape index (κ3) is 2.22. The van der Waals surface area contributed by atoms with Crippen molar-refractivity contribution in [2.45, 2.75) is 24.3 Å². The maximum atomic E-state index is 12.5. The van der Waals surface area contributed by atoms with Gasteiger partial charge in [0.25, 0.3) is 5.91 Å². The molecular formula is C12H15N3O3S. The molecule has 2 heterocycles. The quantitative estimate of drug-likeness (QED) is 0.887. The number of carboxylic acid groups (broad SMARTS) is 1. The number of aryl methyl sites for hydroxylation is 1. The number of rotatable bonds is 3. The second-order valence-corrected chi connectivity index (χ2v) is 6.18. The van der Waals surface area contributed by atoms with Crippen LogP contribution in [-0.2, 0) is 11.8 Å². The lowest BCUT2D eigenvalue weighted by atomic mass is 10.2. The summed E-state index contributed by atoms with van der Waals surface area (Å²) in [5.74, 6) is -0.215. The number of carbonyl (C=O) groups excluding carboxylic acids is 1. The van der Waals surface area contributed by atoms with Crippen LogP contribution in [0.3, 0.4) is 0 Å². The molecule has 7 heteroatoms. The number of aromatic nitrogens is 2. The first-order chi connectivity index (χ1) is 9.08. The largest absolute Gasteiger partial charge is 0.480 e. The number of carboxylic acids is 1. The molecule has 2 atom stereocenters. The van der Waals surface area contributed by atoms with Gasteiger partial charge < -0.3 is 10.0 Å². The Morgan fingerprint density at radius 1 is 1.47 bits per heavy atom. The monoisotopic (exact) mass is 281 g/mol. The highest BCUT2D eigenvalue weighted by Crippen LogP contribution is 2.45. The van der Waals surface area contributed by atoms with Crippen LogP contribution in [0.4, 0.5) is 0 Å². The highest BCUT2D eigenvalue weighted by atomic mass is 32.2. The van der Waals surface area contributed by atoms with E-state index in [9.17, 15) is 14.7 Å². The van der Waals surface area contributed by atoms with Gasteiger partial charge in [-0.25, -0.2) is 4.79 Å². The molecule has 2 fully saturated rings. The molecule has 1 saturated carbocycles. The average molecular weight is 281 g/mol. The van der Waals surface area contributed by atoms with Crippen molar-refractivity contribution in [3.05, 3.63) is 18.0 Å². The number of carbonyl (C=O) groups is 2. The molecule has 0 radical (unpaired) electrons. The van der Waals surface area contributed by atoms with Gasteiger partial charge in [-0.3, -0.25) is 9.48 Å². The molecule has 0 aromatic carbocycles. The summed E-state index contributed by atoms with van der Waals surface area (Å²) in [6.45, 7) is 0. The Bertz CT molecular complexity index is 526. The molecule has 1 aromatic rings. The molecule has 0 spiro atoms. The molecule has 19 heavy (non-hydrogen) atoms. The highest BCUT2D eigenvalue weighted by molar-refractivity contribution is 8.00. The maximum absolute atomic E-state index is 12.5. The molecule has 3 rings (SSSR count). The van der Waals surface area contributed by atoms with Gasteiger partial charge in [0.05, 0.1) is 17.1 Å². The minimum absolute atomic E-state index is 0.00815. The van der Waals surface area contributed by atoms with Gasteiger partial charge in [0.2, 0.25) is 0 Å². The van der Waals surface area contributed by atoms with Crippen molar-refractivity contribution >= 4 is 23.6 Å². The maximum Gasteiger partial charge on any atom is 0.327 e. The van der Waals surface area contributed by atoms with E-state index in [2.05, 4.69) is 5.10 Å². The van der Waals surface area contributed by atoms with E-state index in [1.165, 1.54) is 6.20 Å². The Balaban J connectivity index is 1.88. The van der Waals surface area contributed by atoms with E-state index >= 15 is 0 Å². The van der Waals surface area contributed by atoms with Gasteiger partial charge in [-0.05, 0) is 18.8 Å². The number of hydrogen-bond donors (Lipinski definition) is 1. The van der Waals surface area contributed by atoms with E-state index in [0.717, 1.165) is 12.8 Å². The van der Waals surface area contributed by atoms with Crippen LogP contribution < -0.4 is 0 Å². The second kappa shape index (κ2) is 4.56. The Morgan fingerprint density at radius 2 is 2.21 bits per heavy atom. The van der Waals surface area contributed by atoms with Crippen molar-refractivity contribution in [2.75, 3.05) is 5.75 Å². The van der Waals surface area contributed by atoms with E-state index in [0.29, 0.717) is 17.2 Å². The van der Waals surface area contributed by atoms with Crippen molar-refractivity contribution in [3.63, 3.8) is 0 Å². The number of aliphatic carboxylic acids is 1. The summed E-state index contributed by atoms with van der Waals surface area (Å²) >= 11 is 1.58. The number of hydrogen-bond acceptors (Lipinski definition) is 4. The molecule has 6 nitrogen and oxygen atoms in total. The number of thioether (sulfide) groups is 1. The number of nitrogens with zero attached hydrogens (tertiary/aromatic N) is 3. The van der Waals surface area contributed by atoms with Crippen LogP contribution >= 0.6 is 11.8 Å². The first-order valence-corrected chi connectivity index (χ1v) is 7.28. The fourth-order valence-corrected chi connectivity index (χ4v) is 4.03. The Kier molecular flexibility index (Phi) is 3.00. The first kappa shape index (κ1) is 12.5. The summed E-state index contributed by atoms with van der Waals surface area (Å²) < 4.78 is 1.55. The minimum atomic E-state index is -0.923. The molecule has 1 amide bonds. The Morgan fingerprint density at radius 3 is 2.74 bits per heavy atom. The fourth-order valence-electron chi connectivity index (χ4n) is 2.40. The van der Waals surface area contributed by atoms with E-state index in [-0.39, 0.29) is 11.3 Å². The molecule has 1 aliphatic heterocycles. The summed E-state index contributed by atoms with van der Waals surface area (Å²) in [5.41, 5.74) is 0.460. The van der Waals surface area contributed by atoms with Crippen LogP contribution in [0.5, 0.6) is 0 Å². The zero-order valence-electron chi connectivity index (χ0n) is 10.5. The van der Waals surface area contributed by atoms with E-state index in [1.54, 1.807) is 34.6 Å². The van der Waals surface area contributed by atoms with Gasteiger partial charge in [0.1, 0.15) is 6.04 Å². The van der Waals surface area contributed by atoms with Gasteiger partial charge >= 0.3 is 5.97 Å².